The van der Waals surface area contributed by atoms with E-state index in [-0.39, 0.29) is 18.4 Å². The smallest absolute Gasteiger partial charge is 0.329 e. The topological polar surface area (TPSA) is 227 Å². The summed E-state index contributed by atoms with van der Waals surface area (Å²) in [7, 11) is -15.9. The van der Waals surface area contributed by atoms with Crippen molar-refractivity contribution < 1.29 is 46.8 Å². The lowest BCUT2D eigenvalue weighted by Crippen LogP contribution is -2.33. The van der Waals surface area contributed by atoms with Gasteiger partial charge in [0.25, 0.3) is 5.56 Å². The van der Waals surface area contributed by atoms with Crippen molar-refractivity contribution in [2.45, 2.75) is 32.3 Å². The van der Waals surface area contributed by atoms with Gasteiger partial charge in [0.15, 0.2) is 6.29 Å². The van der Waals surface area contributed by atoms with Crippen LogP contribution in [0, 0.1) is 6.92 Å². The molecule has 1 aromatic rings. The molecule has 1 aliphatic rings. The van der Waals surface area contributed by atoms with Gasteiger partial charge in [0.05, 0.1) is 0 Å². The van der Waals surface area contributed by atoms with Crippen molar-refractivity contribution in [1.29, 1.82) is 0 Å². The molecule has 27 heavy (non-hydrogen) atoms. The van der Waals surface area contributed by atoms with Gasteiger partial charge in [-0.15, -0.1) is 4.86 Å². The van der Waals surface area contributed by atoms with Gasteiger partial charge in [-0.2, -0.15) is 4.31 Å². The molecule has 18 heteroatoms. The van der Waals surface area contributed by atoms with Gasteiger partial charge < -0.3 is 24.3 Å². The molecule has 0 aliphatic carbocycles. The third-order valence-electron chi connectivity index (χ3n) is 3.14. The van der Waals surface area contributed by atoms with Crippen molar-refractivity contribution in [2.24, 2.45) is 0 Å². The monoisotopic (exact) mass is 451 g/mol. The molecular weight excluding hydrogens is 435 g/mol. The molecule has 0 saturated carbocycles. The van der Waals surface area contributed by atoms with E-state index in [1.165, 1.54) is 13.1 Å². The SMILES string of the molecule is Cc1cn([C@H]2CC[C@@H](OP(=O)(O)NP(=O)(O)OP(=O)(O)O)O2)c(=O)[nH]c1=O. The second-order valence-corrected chi connectivity index (χ2v) is 10.1. The number of nitrogens with zero attached hydrogens (tertiary/aromatic N) is 1. The molecule has 2 unspecified atom stereocenters. The minimum atomic E-state index is -5.44. The number of aryl methyl sites for hydroxylation is 1. The van der Waals surface area contributed by atoms with Gasteiger partial charge in [0.2, 0.25) is 0 Å². The van der Waals surface area contributed by atoms with Crippen LogP contribution in [0.2, 0.25) is 0 Å². The summed E-state index contributed by atoms with van der Waals surface area (Å²) in [6.07, 6.45) is -1.03. The fraction of sp³-hybridized carbons (Fsp3) is 0.556. The Morgan fingerprint density at radius 1 is 1.19 bits per heavy atom. The minimum absolute atomic E-state index is 0.0173. The average molecular weight is 451 g/mol. The minimum Gasteiger partial charge on any atom is -0.329 e. The number of rotatable bonds is 7. The maximum atomic E-state index is 11.8. The molecule has 0 bridgehead atoms. The van der Waals surface area contributed by atoms with E-state index in [0.29, 0.717) is 0 Å². The number of aromatic nitrogens is 2. The predicted molar refractivity (Wildman–Crippen MR) is 86.2 cm³/mol. The molecule has 1 aliphatic heterocycles. The molecule has 6 N–H and O–H groups in total. The van der Waals surface area contributed by atoms with Crippen LogP contribution in [-0.2, 0) is 27.3 Å². The third-order valence-corrected chi connectivity index (χ3v) is 7.42. The normalized spacial score (nSPS) is 25.1. The van der Waals surface area contributed by atoms with Gasteiger partial charge in [-0.25, -0.2) is 18.5 Å². The molecule has 1 fully saturated rings. The summed E-state index contributed by atoms with van der Waals surface area (Å²) >= 11 is 0. The number of ether oxygens (including phenoxy) is 1. The second kappa shape index (κ2) is 7.82. The van der Waals surface area contributed by atoms with Crippen molar-refractivity contribution in [3.63, 3.8) is 0 Å². The number of aromatic amines is 1. The maximum absolute atomic E-state index is 11.8. The van der Waals surface area contributed by atoms with E-state index in [2.05, 4.69) is 13.8 Å². The number of hydrogen-bond donors (Lipinski definition) is 6. The first kappa shape index (κ1) is 22.3. The van der Waals surface area contributed by atoms with E-state index in [1.54, 1.807) is 0 Å². The van der Waals surface area contributed by atoms with E-state index in [9.17, 15) is 33.1 Å². The number of phosphoric acid groups is 1. The summed E-state index contributed by atoms with van der Waals surface area (Å²) in [5, 5.41) is 0. The van der Waals surface area contributed by atoms with E-state index in [0.717, 1.165) is 9.42 Å². The Labute approximate surface area is 150 Å². The molecule has 0 amide bonds. The lowest BCUT2D eigenvalue weighted by Gasteiger charge is -2.21. The van der Waals surface area contributed by atoms with Crippen LogP contribution < -0.4 is 16.1 Å². The summed E-state index contributed by atoms with van der Waals surface area (Å²) in [4.78, 5) is 62.0. The molecule has 1 aromatic heterocycles. The summed E-state index contributed by atoms with van der Waals surface area (Å²) in [6.45, 7) is 1.45. The number of H-pyrrole nitrogens is 1. The molecule has 0 spiro atoms. The van der Waals surface area contributed by atoms with E-state index in [4.69, 9.17) is 14.5 Å². The highest BCUT2D eigenvalue weighted by atomic mass is 31.3. The fourth-order valence-corrected chi connectivity index (χ4v) is 5.75. The Kier molecular flexibility index (Phi) is 6.47. The molecule has 4 atom stereocenters. The number of nitrogens with one attached hydrogen (secondary N) is 2. The second-order valence-electron chi connectivity index (χ2n) is 5.39. The summed E-state index contributed by atoms with van der Waals surface area (Å²) in [5.41, 5.74) is -1.15. The van der Waals surface area contributed by atoms with Crippen LogP contribution >= 0.6 is 23.3 Å². The van der Waals surface area contributed by atoms with Crippen LogP contribution in [0.25, 0.3) is 0 Å². The van der Waals surface area contributed by atoms with E-state index >= 15 is 0 Å². The van der Waals surface area contributed by atoms with E-state index < -0.39 is 47.1 Å². The largest absolute Gasteiger partial charge is 0.477 e. The van der Waals surface area contributed by atoms with Crippen molar-refractivity contribution >= 4 is 23.3 Å². The van der Waals surface area contributed by atoms with Crippen molar-refractivity contribution in [2.75, 3.05) is 0 Å². The van der Waals surface area contributed by atoms with Gasteiger partial charge in [0.1, 0.15) is 6.23 Å². The molecule has 0 aromatic carbocycles. The van der Waals surface area contributed by atoms with E-state index in [1.807, 2.05) is 0 Å². The maximum Gasteiger partial charge on any atom is 0.477 e. The molecule has 0 radical (unpaired) electrons. The molecule has 15 nitrogen and oxygen atoms in total. The van der Waals surface area contributed by atoms with Crippen molar-refractivity contribution in [3.8, 4) is 0 Å². The Balaban J connectivity index is 2.05. The standard InChI is InChI=1S/C9H16N3O12P3/c1-5-4-12(9(14)10-8(5)13)6-2-3-7(22-6)23-25(15,16)11-26(17,18)24-27(19,20)21/h4,6-7H,2-3H2,1H3,(H,10,13,14)(H2,19,20,21)(H3,11,15,16,17,18)/t6-,7-/m1/s1. The first-order valence-electron chi connectivity index (χ1n) is 7.05. The zero-order valence-electron chi connectivity index (χ0n) is 13.5. The van der Waals surface area contributed by atoms with Gasteiger partial charge in [-0.1, -0.05) is 0 Å². The van der Waals surface area contributed by atoms with Crippen LogP contribution in [-0.4, -0.2) is 35.4 Å². The molecule has 154 valence electrons. The third kappa shape index (κ3) is 6.56. The Morgan fingerprint density at radius 3 is 2.41 bits per heavy atom. The Bertz CT molecular complexity index is 965. The Hall–Kier alpha value is -0.950. The average Bonchev–Trinajstić information content (AvgIpc) is 2.85. The lowest BCUT2D eigenvalue weighted by molar-refractivity contribution is -0.102. The zero-order chi connectivity index (χ0) is 20.6. The number of hydrogen-bond acceptors (Lipinski definition) is 8. The summed E-state index contributed by atoms with van der Waals surface area (Å²) in [5.74, 6) is 0. The highest BCUT2D eigenvalue weighted by Gasteiger charge is 2.41. The summed E-state index contributed by atoms with van der Waals surface area (Å²) < 4.78 is 48.2. The van der Waals surface area contributed by atoms with Crippen LogP contribution in [0.15, 0.2) is 15.8 Å². The van der Waals surface area contributed by atoms with Crippen LogP contribution in [0.4, 0.5) is 0 Å². The molecule has 2 heterocycles. The van der Waals surface area contributed by atoms with Gasteiger partial charge in [0, 0.05) is 18.2 Å². The van der Waals surface area contributed by atoms with Crippen molar-refractivity contribution in [1.82, 2.24) is 14.4 Å². The molecule has 2 rings (SSSR count). The Morgan fingerprint density at radius 2 is 1.81 bits per heavy atom. The first-order valence-corrected chi connectivity index (χ1v) is 11.7. The van der Waals surface area contributed by atoms with Crippen molar-refractivity contribution in [3.05, 3.63) is 32.6 Å². The van der Waals surface area contributed by atoms with Crippen LogP contribution in [0.3, 0.4) is 0 Å². The van der Waals surface area contributed by atoms with Gasteiger partial charge in [-0.3, -0.25) is 18.9 Å². The predicted octanol–water partition coefficient (Wildman–Crippen LogP) is -0.604. The lowest BCUT2D eigenvalue weighted by atomic mass is 10.3. The van der Waals surface area contributed by atoms with Crippen LogP contribution in [0.1, 0.15) is 24.6 Å². The van der Waals surface area contributed by atoms with Crippen LogP contribution in [0.5, 0.6) is 0 Å². The van der Waals surface area contributed by atoms with Gasteiger partial charge >= 0.3 is 29.0 Å². The summed E-state index contributed by atoms with van der Waals surface area (Å²) in [6, 6.07) is 0. The first-order chi connectivity index (χ1) is 12.2. The van der Waals surface area contributed by atoms with Gasteiger partial charge in [-0.05, 0) is 13.3 Å². The quantitative estimate of drug-likeness (QED) is 0.285. The molecule has 1 saturated heterocycles. The zero-order valence-corrected chi connectivity index (χ0v) is 16.2. The highest BCUT2D eigenvalue weighted by molar-refractivity contribution is 7.70. The molecular formula is C9H16N3O12P3. The fourth-order valence-electron chi connectivity index (χ4n) is 2.18. The highest BCUT2D eigenvalue weighted by Crippen LogP contribution is 2.60.